The molecule has 124 valence electrons. The molecule has 1 unspecified atom stereocenters. The molecule has 0 spiro atoms. The first-order valence-electron chi connectivity index (χ1n) is 7.57. The first-order valence-corrected chi connectivity index (χ1v) is 7.57. The van der Waals surface area contributed by atoms with Gasteiger partial charge in [0, 0.05) is 19.6 Å². The van der Waals surface area contributed by atoms with Gasteiger partial charge in [0.05, 0.1) is 12.9 Å². The van der Waals surface area contributed by atoms with E-state index in [9.17, 15) is 4.79 Å². The van der Waals surface area contributed by atoms with Crippen LogP contribution in [0.2, 0.25) is 0 Å². The number of carbonyl (C=O) groups is 1. The number of nitrogens with one attached hydrogen (secondary N) is 2. The molecular weight excluding hydrogens is 306 g/mol. The molecule has 1 aromatic carbocycles. The van der Waals surface area contributed by atoms with Crippen molar-refractivity contribution in [2.45, 2.75) is 6.04 Å². The van der Waals surface area contributed by atoms with Gasteiger partial charge in [-0.25, -0.2) is 15.0 Å². The van der Waals surface area contributed by atoms with Gasteiger partial charge < -0.3 is 20.9 Å². The largest absolute Gasteiger partial charge is 0.353 e. The van der Waals surface area contributed by atoms with Crippen molar-refractivity contribution in [1.82, 2.24) is 25.3 Å². The van der Waals surface area contributed by atoms with Crippen LogP contribution in [0.3, 0.4) is 0 Å². The first kappa shape index (κ1) is 15.9. The van der Waals surface area contributed by atoms with Crippen LogP contribution in [-0.2, 0) is 4.79 Å². The van der Waals surface area contributed by atoms with Crippen LogP contribution in [0.4, 0.5) is 5.82 Å². The second-order valence-electron chi connectivity index (χ2n) is 5.48. The van der Waals surface area contributed by atoms with Crippen molar-refractivity contribution >= 4 is 22.9 Å². The zero-order valence-electron chi connectivity index (χ0n) is 13.3. The van der Waals surface area contributed by atoms with E-state index >= 15 is 0 Å². The number of nitrogens with zero attached hydrogens (tertiary/aromatic N) is 4. The van der Waals surface area contributed by atoms with E-state index in [1.807, 2.05) is 30.3 Å². The van der Waals surface area contributed by atoms with E-state index in [0.717, 1.165) is 5.56 Å². The number of benzene rings is 1. The SMILES string of the molecule is CN(CC(=O)NCC(N)c1ccccc1)c1ncnc2nc[nH]c12. The zero-order chi connectivity index (χ0) is 16.9. The molecule has 4 N–H and O–H groups in total. The fourth-order valence-electron chi connectivity index (χ4n) is 2.43. The van der Waals surface area contributed by atoms with E-state index in [0.29, 0.717) is 23.5 Å². The Balaban J connectivity index is 1.58. The minimum absolute atomic E-state index is 0.129. The Kier molecular flexibility index (Phi) is 4.66. The maximum Gasteiger partial charge on any atom is 0.239 e. The molecule has 1 amide bonds. The number of likely N-dealkylation sites (N-methyl/N-ethyl adjacent to an activating group) is 1. The normalized spacial score (nSPS) is 12.1. The van der Waals surface area contributed by atoms with Gasteiger partial charge in [0.2, 0.25) is 5.91 Å². The number of H-pyrrole nitrogens is 1. The molecular formula is C16H19N7O. The molecule has 0 saturated carbocycles. The van der Waals surface area contributed by atoms with E-state index < -0.39 is 0 Å². The Morgan fingerprint density at radius 3 is 2.88 bits per heavy atom. The summed E-state index contributed by atoms with van der Waals surface area (Å²) in [6.45, 7) is 0.534. The highest BCUT2D eigenvalue weighted by Gasteiger charge is 2.14. The van der Waals surface area contributed by atoms with Gasteiger partial charge in [0.15, 0.2) is 11.5 Å². The van der Waals surface area contributed by atoms with Crippen LogP contribution >= 0.6 is 0 Å². The van der Waals surface area contributed by atoms with Crippen LogP contribution in [0.5, 0.6) is 0 Å². The molecule has 24 heavy (non-hydrogen) atoms. The molecule has 0 aliphatic carbocycles. The van der Waals surface area contributed by atoms with Crippen molar-refractivity contribution in [3.63, 3.8) is 0 Å². The van der Waals surface area contributed by atoms with Gasteiger partial charge >= 0.3 is 0 Å². The number of aromatic amines is 1. The molecule has 0 radical (unpaired) electrons. The van der Waals surface area contributed by atoms with Crippen molar-refractivity contribution in [2.75, 3.05) is 25.0 Å². The predicted molar refractivity (Wildman–Crippen MR) is 91.3 cm³/mol. The molecule has 0 bridgehead atoms. The molecule has 3 rings (SSSR count). The van der Waals surface area contributed by atoms with E-state index in [4.69, 9.17) is 5.73 Å². The van der Waals surface area contributed by atoms with Crippen molar-refractivity contribution in [1.29, 1.82) is 0 Å². The lowest BCUT2D eigenvalue weighted by atomic mass is 10.1. The summed E-state index contributed by atoms with van der Waals surface area (Å²) in [4.78, 5) is 29.2. The van der Waals surface area contributed by atoms with E-state index in [1.54, 1.807) is 18.3 Å². The average Bonchev–Trinajstić information content (AvgIpc) is 3.09. The smallest absolute Gasteiger partial charge is 0.239 e. The van der Waals surface area contributed by atoms with Gasteiger partial charge in [-0.2, -0.15) is 0 Å². The molecule has 0 fully saturated rings. The highest BCUT2D eigenvalue weighted by atomic mass is 16.2. The summed E-state index contributed by atoms with van der Waals surface area (Å²) in [5.41, 5.74) is 8.34. The molecule has 1 atom stereocenters. The second kappa shape index (κ2) is 7.05. The average molecular weight is 325 g/mol. The number of carbonyl (C=O) groups excluding carboxylic acids is 1. The summed E-state index contributed by atoms with van der Waals surface area (Å²) < 4.78 is 0. The number of rotatable bonds is 6. The van der Waals surface area contributed by atoms with E-state index in [-0.39, 0.29) is 18.5 Å². The summed E-state index contributed by atoms with van der Waals surface area (Å²) in [5.74, 6) is 0.496. The fourth-order valence-corrected chi connectivity index (χ4v) is 2.43. The number of anilines is 1. The zero-order valence-corrected chi connectivity index (χ0v) is 13.3. The van der Waals surface area contributed by atoms with Crippen LogP contribution in [0.15, 0.2) is 43.0 Å². The summed E-state index contributed by atoms with van der Waals surface area (Å²) in [6.07, 6.45) is 2.98. The van der Waals surface area contributed by atoms with Crippen LogP contribution in [0.25, 0.3) is 11.2 Å². The number of nitrogens with two attached hydrogens (primary N) is 1. The minimum Gasteiger partial charge on any atom is -0.353 e. The van der Waals surface area contributed by atoms with Gasteiger partial charge in [0.1, 0.15) is 11.8 Å². The molecule has 0 aliphatic rings. The van der Waals surface area contributed by atoms with Crippen LogP contribution in [0.1, 0.15) is 11.6 Å². The van der Waals surface area contributed by atoms with Gasteiger partial charge in [0.25, 0.3) is 0 Å². The summed E-state index contributed by atoms with van der Waals surface area (Å²) in [7, 11) is 1.79. The molecule has 0 aliphatic heterocycles. The number of aromatic nitrogens is 4. The van der Waals surface area contributed by atoms with Crippen molar-refractivity contribution in [3.05, 3.63) is 48.5 Å². The van der Waals surface area contributed by atoms with E-state index in [2.05, 4.69) is 25.3 Å². The summed E-state index contributed by atoms with van der Waals surface area (Å²) in [5, 5.41) is 2.85. The molecule has 8 heteroatoms. The maximum atomic E-state index is 12.2. The van der Waals surface area contributed by atoms with Crippen LogP contribution in [-0.4, -0.2) is 46.0 Å². The highest BCUT2D eigenvalue weighted by Crippen LogP contribution is 2.17. The lowest BCUT2D eigenvalue weighted by Crippen LogP contribution is -2.39. The van der Waals surface area contributed by atoms with Crippen LogP contribution in [0, 0.1) is 0 Å². The Morgan fingerprint density at radius 2 is 2.08 bits per heavy atom. The lowest BCUT2D eigenvalue weighted by Gasteiger charge is -2.19. The molecule has 2 heterocycles. The minimum atomic E-state index is -0.237. The van der Waals surface area contributed by atoms with Crippen molar-refractivity contribution in [2.24, 2.45) is 5.73 Å². The van der Waals surface area contributed by atoms with Gasteiger partial charge in [-0.3, -0.25) is 4.79 Å². The molecule has 3 aromatic rings. The van der Waals surface area contributed by atoms with Crippen LogP contribution < -0.4 is 16.0 Å². The third kappa shape index (κ3) is 3.49. The van der Waals surface area contributed by atoms with Crippen molar-refractivity contribution in [3.8, 4) is 0 Å². The number of imidazole rings is 1. The van der Waals surface area contributed by atoms with Crippen molar-refractivity contribution < 1.29 is 4.79 Å². The maximum absolute atomic E-state index is 12.2. The Morgan fingerprint density at radius 1 is 1.29 bits per heavy atom. The Labute approximate surface area is 139 Å². The van der Waals surface area contributed by atoms with Gasteiger partial charge in [-0.1, -0.05) is 30.3 Å². The first-order chi connectivity index (χ1) is 11.6. The summed E-state index contributed by atoms with van der Waals surface area (Å²) >= 11 is 0. The predicted octanol–water partition coefficient (Wildman–Crippen LogP) is 0.605. The number of hydrogen-bond donors (Lipinski definition) is 3. The number of amides is 1. The number of hydrogen-bond acceptors (Lipinski definition) is 6. The quantitative estimate of drug-likeness (QED) is 0.612. The molecule has 0 saturated heterocycles. The Bertz CT molecular complexity index is 817. The number of fused-ring (bicyclic) bond motifs is 1. The van der Waals surface area contributed by atoms with Gasteiger partial charge in [-0.05, 0) is 5.56 Å². The van der Waals surface area contributed by atoms with Gasteiger partial charge in [-0.15, -0.1) is 0 Å². The highest BCUT2D eigenvalue weighted by molar-refractivity contribution is 5.86. The Hall–Kier alpha value is -3.00. The standard InChI is InChI=1S/C16H19N7O/c1-23(16-14-15(20-9-19-14)21-10-22-16)8-13(24)18-7-12(17)11-5-3-2-4-6-11/h2-6,9-10,12H,7-8,17H2,1H3,(H,18,24)(H,19,20,21,22). The molecule has 2 aromatic heterocycles. The second-order valence-corrected chi connectivity index (χ2v) is 5.48. The monoisotopic (exact) mass is 325 g/mol. The van der Waals surface area contributed by atoms with E-state index in [1.165, 1.54) is 6.33 Å². The fraction of sp³-hybridized carbons (Fsp3) is 0.250. The lowest BCUT2D eigenvalue weighted by molar-refractivity contribution is -0.119. The summed E-state index contributed by atoms with van der Waals surface area (Å²) in [6, 6.07) is 9.43. The third-order valence-electron chi connectivity index (χ3n) is 3.69. The topological polar surface area (TPSA) is 113 Å². The molecule has 8 nitrogen and oxygen atoms in total. The third-order valence-corrected chi connectivity index (χ3v) is 3.69.